The van der Waals surface area contributed by atoms with E-state index in [0.29, 0.717) is 0 Å². The molecule has 0 N–H and O–H groups in total. The highest BCUT2D eigenvalue weighted by molar-refractivity contribution is 5.25. The van der Waals surface area contributed by atoms with Crippen LogP contribution in [0.2, 0.25) is 0 Å². The van der Waals surface area contributed by atoms with Gasteiger partial charge in [0.05, 0.1) is 30.7 Å². The summed E-state index contributed by atoms with van der Waals surface area (Å²) in [6.07, 6.45) is 9.86. The predicted octanol–water partition coefficient (Wildman–Crippen LogP) is 2.16. The van der Waals surface area contributed by atoms with Gasteiger partial charge in [0.2, 0.25) is 0 Å². The average Bonchev–Trinajstić information content (AvgIpc) is 3.16. The number of aryl methyl sites for hydroxylation is 2. The Morgan fingerprint density at radius 2 is 2.08 bits per heavy atom. The molecule has 2 aliphatic rings. The first kappa shape index (κ1) is 15.8. The molecule has 0 bridgehead atoms. The maximum atomic E-state index is 6.09. The van der Waals surface area contributed by atoms with Crippen LogP contribution in [-0.2, 0) is 31.3 Å². The Labute approximate surface area is 143 Å². The topological polar surface area (TPSA) is 48.1 Å². The second-order valence-corrected chi connectivity index (χ2v) is 7.11. The Kier molecular flexibility index (Phi) is 4.41. The molecular formula is C18H27N5O. The molecule has 0 amide bonds. The van der Waals surface area contributed by atoms with E-state index < -0.39 is 0 Å². The predicted molar refractivity (Wildman–Crippen MR) is 91.5 cm³/mol. The molecule has 1 fully saturated rings. The van der Waals surface area contributed by atoms with Gasteiger partial charge in [-0.1, -0.05) is 0 Å². The quantitative estimate of drug-likeness (QED) is 0.781. The third-order valence-corrected chi connectivity index (χ3v) is 5.15. The van der Waals surface area contributed by atoms with Crippen molar-refractivity contribution in [2.24, 2.45) is 13.0 Å². The summed E-state index contributed by atoms with van der Waals surface area (Å²) in [5.41, 5.74) is 4.00. The molecule has 0 aromatic carbocycles. The molecule has 1 aliphatic carbocycles. The molecule has 2 aromatic heterocycles. The van der Waals surface area contributed by atoms with Gasteiger partial charge in [-0.3, -0.25) is 14.3 Å². The van der Waals surface area contributed by atoms with Crippen molar-refractivity contribution in [2.45, 2.75) is 45.3 Å². The summed E-state index contributed by atoms with van der Waals surface area (Å²) in [6, 6.07) is 0.287. The van der Waals surface area contributed by atoms with Gasteiger partial charge in [0.1, 0.15) is 0 Å². The number of hydrogen-bond acceptors (Lipinski definition) is 4. The van der Waals surface area contributed by atoms with Crippen molar-refractivity contribution in [3.8, 4) is 0 Å². The summed E-state index contributed by atoms with van der Waals surface area (Å²) in [5, 5.41) is 8.90. The zero-order valence-corrected chi connectivity index (χ0v) is 14.7. The van der Waals surface area contributed by atoms with Crippen LogP contribution >= 0.6 is 0 Å². The van der Waals surface area contributed by atoms with Gasteiger partial charge in [-0.05, 0) is 37.7 Å². The van der Waals surface area contributed by atoms with Crippen molar-refractivity contribution in [3.05, 3.63) is 35.4 Å². The summed E-state index contributed by atoms with van der Waals surface area (Å²) in [6.45, 7) is 6.71. The molecule has 1 aliphatic heterocycles. The van der Waals surface area contributed by atoms with Gasteiger partial charge in [-0.15, -0.1) is 0 Å². The standard InChI is InChI=1S/C18H27N5O/c1-3-23-18-16(9-20-23)6-7-22(11-15-8-19-21(2)10-15)17(18)13-24-12-14-4-5-14/h8-10,14,17H,3-7,11-13H2,1-2H3/t17-/m1/s1. The Morgan fingerprint density at radius 1 is 1.21 bits per heavy atom. The van der Waals surface area contributed by atoms with Crippen LogP contribution in [0, 0.1) is 5.92 Å². The van der Waals surface area contributed by atoms with Gasteiger partial charge in [0.25, 0.3) is 0 Å². The first-order valence-electron chi connectivity index (χ1n) is 9.08. The van der Waals surface area contributed by atoms with Gasteiger partial charge in [-0.25, -0.2) is 0 Å². The smallest absolute Gasteiger partial charge is 0.0760 e. The number of aromatic nitrogens is 4. The van der Waals surface area contributed by atoms with Crippen LogP contribution in [0.3, 0.4) is 0 Å². The van der Waals surface area contributed by atoms with E-state index in [1.54, 1.807) is 0 Å². The lowest BCUT2D eigenvalue weighted by Crippen LogP contribution is -2.38. The van der Waals surface area contributed by atoms with E-state index in [0.717, 1.165) is 45.2 Å². The monoisotopic (exact) mass is 329 g/mol. The van der Waals surface area contributed by atoms with Crippen molar-refractivity contribution in [3.63, 3.8) is 0 Å². The molecule has 0 unspecified atom stereocenters. The molecule has 6 heteroatoms. The van der Waals surface area contributed by atoms with Crippen molar-refractivity contribution in [1.82, 2.24) is 24.5 Å². The van der Waals surface area contributed by atoms with Gasteiger partial charge in [0.15, 0.2) is 0 Å². The lowest BCUT2D eigenvalue weighted by molar-refractivity contribution is 0.0409. The second-order valence-electron chi connectivity index (χ2n) is 7.11. The van der Waals surface area contributed by atoms with E-state index in [2.05, 4.69) is 32.9 Å². The summed E-state index contributed by atoms with van der Waals surface area (Å²) in [7, 11) is 1.97. The number of nitrogens with zero attached hydrogens (tertiary/aromatic N) is 5. The average molecular weight is 329 g/mol. The Hall–Kier alpha value is -1.66. The molecule has 3 heterocycles. The number of fused-ring (bicyclic) bond motifs is 1. The van der Waals surface area contributed by atoms with E-state index in [1.807, 2.05) is 24.1 Å². The number of ether oxygens (including phenoxy) is 1. The maximum Gasteiger partial charge on any atom is 0.0760 e. The van der Waals surface area contributed by atoms with Crippen LogP contribution < -0.4 is 0 Å². The minimum atomic E-state index is 0.287. The van der Waals surface area contributed by atoms with Crippen LogP contribution in [0.5, 0.6) is 0 Å². The molecule has 2 aromatic rings. The van der Waals surface area contributed by atoms with Gasteiger partial charge in [-0.2, -0.15) is 10.2 Å². The Bertz CT molecular complexity index is 674. The van der Waals surface area contributed by atoms with Crippen LogP contribution in [0.1, 0.15) is 42.6 Å². The minimum Gasteiger partial charge on any atom is -0.379 e. The van der Waals surface area contributed by atoms with Gasteiger partial charge in [0, 0.05) is 45.0 Å². The van der Waals surface area contributed by atoms with Gasteiger partial charge < -0.3 is 4.74 Å². The molecule has 0 radical (unpaired) electrons. The third-order valence-electron chi connectivity index (χ3n) is 5.15. The van der Waals surface area contributed by atoms with E-state index >= 15 is 0 Å². The number of hydrogen-bond donors (Lipinski definition) is 0. The van der Waals surface area contributed by atoms with E-state index in [1.165, 1.54) is 29.7 Å². The molecule has 6 nitrogen and oxygen atoms in total. The van der Waals surface area contributed by atoms with E-state index in [9.17, 15) is 0 Å². The largest absolute Gasteiger partial charge is 0.379 e. The highest BCUT2D eigenvalue weighted by Crippen LogP contribution is 2.33. The zero-order valence-electron chi connectivity index (χ0n) is 14.7. The molecule has 130 valence electrons. The summed E-state index contributed by atoms with van der Waals surface area (Å²) >= 11 is 0. The highest BCUT2D eigenvalue weighted by Gasteiger charge is 2.32. The van der Waals surface area contributed by atoms with E-state index in [-0.39, 0.29) is 6.04 Å². The fraction of sp³-hybridized carbons (Fsp3) is 0.667. The highest BCUT2D eigenvalue weighted by atomic mass is 16.5. The van der Waals surface area contributed by atoms with Crippen molar-refractivity contribution < 1.29 is 4.74 Å². The molecule has 0 saturated heterocycles. The zero-order chi connectivity index (χ0) is 16.5. The molecule has 1 atom stereocenters. The molecule has 1 saturated carbocycles. The summed E-state index contributed by atoms with van der Waals surface area (Å²) in [5.74, 6) is 0.802. The second kappa shape index (κ2) is 6.69. The Balaban J connectivity index is 1.54. The van der Waals surface area contributed by atoms with Crippen LogP contribution in [-0.4, -0.2) is 44.2 Å². The summed E-state index contributed by atoms with van der Waals surface area (Å²) in [4.78, 5) is 2.53. The first-order chi connectivity index (χ1) is 11.7. The van der Waals surface area contributed by atoms with E-state index in [4.69, 9.17) is 4.74 Å². The first-order valence-corrected chi connectivity index (χ1v) is 9.08. The molecule has 0 spiro atoms. The fourth-order valence-corrected chi connectivity index (χ4v) is 3.65. The van der Waals surface area contributed by atoms with Crippen LogP contribution in [0.4, 0.5) is 0 Å². The number of rotatable bonds is 7. The summed E-state index contributed by atoms with van der Waals surface area (Å²) < 4.78 is 10.1. The SMILES string of the molecule is CCn1ncc2c1[C@@H](COCC1CC1)N(Cc1cnn(C)c1)CC2. The molecular weight excluding hydrogens is 302 g/mol. The van der Waals surface area contributed by atoms with Crippen LogP contribution in [0.25, 0.3) is 0 Å². The van der Waals surface area contributed by atoms with Crippen molar-refractivity contribution >= 4 is 0 Å². The lowest BCUT2D eigenvalue weighted by atomic mass is 9.99. The molecule has 24 heavy (non-hydrogen) atoms. The van der Waals surface area contributed by atoms with Crippen molar-refractivity contribution in [1.29, 1.82) is 0 Å². The lowest BCUT2D eigenvalue weighted by Gasteiger charge is -2.36. The van der Waals surface area contributed by atoms with Crippen molar-refractivity contribution in [2.75, 3.05) is 19.8 Å². The Morgan fingerprint density at radius 3 is 2.79 bits per heavy atom. The third kappa shape index (κ3) is 3.26. The molecule has 4 rings (SSSR count). The normalized spacial score (nSPS) is 21.2. The maximum absolute atomic E-state index is 6.09. The van der Waals surface area contributed by atoms with Gasteiger partial charge >= 0.3 is 0 Å². The fourth-order valence-electron chi connectivity index (χ4n) is 3.65. The minimum absolute atomic E-state index is 0.287. The van der Waals surface area contributed by atoms with Crippen LogP contribution in [0.15, 0.2) is 18.6 Å².